The lowest BCUT2D eigenvalue weighted by molar-refractivity contribution is 0.102. The van der Waals surface area contributed by atoms with Crippen LogP contribution in [-0.2, 0) is 6.54 Å². The van der Waals surface area contributed by atoms with Crippen LogP contribution in [0.5, 0.6) is 0 Å². The van der Waals surface area contributed by atoms with Gasteiger partial charge in [-0.2, -0.15) is 0 Å². The molecule has 3 nitrogen and oxygen atoms in total. The van der Waals surface area contributed by atoms with Gasteiger partial charge >= 0.3 is 0 Å². The fraction of sp³-hybridized carbons (Fsp3) is 0.381. The van der Waals surface area contributed by atoms with E-state index < -0.39 is 0 Å². The minimum Gasteiger partial charge on any atom is -0.322 e. The highest BCUT2D eigenvalue weighted by molar-refractivity contribution is 6.31. The Kier molecular flexibility index (Phi) is 5.77. The van der Waals surface area contributed by atoms with Crippen LogP contribution in [0.1, 0.15) is 41.3 Å². The first kappa shape index (κ1) is 18.0. The third kappa shape index (κ3) is 4.83. The third-order valence-corrected chi connectivity index (χ3v) is 5.20. The Balaban J connectivity index is 1.61. The van der Waals surface area contributed by atoms with E-state index in [1.807, 2.05) is 31.2 Å². The van der Waals surface area contributed by atoms with Crippen LogP contribution in [0.4, 0.5) is 5.69 Å². The van der Waals surface area contributed by atoms with Crippen molar-refractivity contribution in [2.24, 2.45) is 5.92 Å². The molecule has 2 aromatic rings. The molecule has 0 spiro atoms. The molecular weight excluding hydrogens is 332 g/mol. The summed E-state index contributed by atoms with van der Waals surface area (Å²) >= 11 is 6.11. The lowest BCUT2D eigenvalue weighted by atomic mass is 9.99. The summed E-state index contributed by atoms with van der Waals surface area (Å²) in [7, 11) is 0. The molecule has 3 rings (SSSR count). The van der Waals surface area contributed by atoms with Crippen molar-refractivity contribution >= 4 is 23.2 Å². The van der Waals surface area contributed by atoms with Gasteiger partial charge < -0.3 is 5.32 Å². The normalized spacial score (nSPS) is 18.1. The van der Waals surface area contributed by atoms with Gasteiger partial charge in [0.25, 0.3) is 5.91 Å². The predicted molar refractivity (Wildman–Crippen MR) is 104 cm³/mol. The maximum atomic E-state index is 12.4. The number of halogens is 1. The Labute approximate surface area is 155 Å². The van der Waals surface area contributed by atoms with Crippen LogP contribution in [0.2, 0.25) is 5.02 Å². The zero-order valence-electron chi connectivity index (χ0n) is 14.9. The van der Waals surface area contributed by atoms with Gasteiger partial charge in [0.15, 0.2) is 0 Å². The molecule has 0 aromatic heterocycles. The lowest BCUT2D eigenvalue weighted by Gasteiger charge is -2.30. The van der Waals surface area contributed by atoms with E-state index in [9.17, 15) is 4.79 Å². The second kappa shape index (κ2) is 8.03. The molecule has 1 heterocycles. The molecule has 0 radical (unpaired) electrons. The van der Waals surface area contributed by atoms with Crippen LogP contribution in [-0.4, -0.2) is 23.9 Å². The molecule has 0 saturated carbocycles. The zero-order valence-corrected chi connectivity index (χ0v) is 15.6. The Morgan fingerprint density at radius 3 is 2.68 bits per heavy atom. The van der Waals surface area contributed by atoms with Crippen molar-refractivity contribution in [1.82, 2.24) is 4.90 Å². The van der Waals surface area contributed by atoms with E-state index in [-0.39, 0.29) is 5.91 Å². The summed E-state index contributed by atoms with van der Waals surface area (Å²) in [5.41, 5.74) is 3.62. The van der Waals surface area contributed by atoms with Gasteiger partial charge in [0.05, 0.1) is 0 Å². The molecule has 25 heavy (non-hydrogen) atoms. The maximum Gasteiger partial charge on any atom is 0.255 e. The van der Waals surface area contributed by atoms with Crippen molar-refractivity contribution in [3.63, 3.8) is 0 Å². The van der Waals surface area contributed by atoms with E-state index in [1.165, 1.54) is 24.9 Å². The molecule has 0 unspecified atom stereocenters. The number of piperidine rings is 1. The number of benzene rings is 2. The van der Waals surface area contributed by atoms with Crippen LogP contribution in [0.15, 0.2) is 42.5 Å². The molecular formula is C21H25ClN2O. The van der Waals surface area contributed by atoms with E-state index in [0.29, 0.717) is 16.3 Å². The summed E-state index contributed by atoms with van der Waals surface area (Å²) in [5, 5.41) is 3.56. The van der Waals surface area contributed by atoms with Gasteiger partial charge in [-0.1, -0.05) is 36.7 Å². The number of nitrogens with zero attached hydrogens (tertiary/aromatic N) is 1. The topological polar surface area (TPSA) is 32.3 Å². The summed E-state index contributed by atoms with van der Waals surface area (Å²) < 4.78 is 0. The van der Waals surface area contributed by atoms with Crippen molar-refractivity contribution in [3.05, 3.63) is 64.2 Å². The Morgan fingerprint density at radius 1 is 1.24 bits per heavy atom. The van der Waals surface area contributed by atoms with Gasteiger partial charge in [-0.05, 0) is 67.6 Å². The molecule has 1 fully saturated rings. The first-order valence-corrected chi connectivity index (χ1v) is 9.28. The van der Waals surface area contributed by atoms with Crippen LogP contribution < -0.4 is 5.32 Å². The number of nitrogens with one attached hydrogen (secondary N) is 1. The number of aryl methyl sites for hydroxylation is 1. The zero-order chi connectivity index (χ0) is 17.8. The Bertz CT molecular complexity index is 742. The standard InChI is InChI=1S/C21H25ClN2O/c1-15-4-3-11-24(13-15)14-17-6-8-18(9-7-17)21(25)23-19-10-5-16(2)20(22)12-19/h5-10,12,15H,3-4,11,13-14H2,1-2H3,(H,23,25)/t15-/m0/s1. The summed E-state index contributed by atoms with van der Waals surface area (Å²) in [4.78, 5) is 14.9. The SMILES string of the molecule is Cc1ccc(NC(=O)c2ccc(CN3CCC[C@H](C)C3)cc2)cc1Cl. The van der Waals surface area contributed by atoms with Crippen molar-refractivity contribution in [1.29, 1.82) is 0 Å². The molecule has 1 amide bonds. The average molecular weight is 357 g/mol. The van der Waals surface area contributed by atoms with Crippen molar-refractivity contribution in [2.45, 2.75) is 33.2 Å². The highest BCUT2D eigenvalue weighted by atomic mass is 35.5. The number of amides is 1. The van der Waals surface area contributed by atoms with Crippen molar-refractivity contribution < 1.29 is 4.79 Å². The van der Waals surface area contributed by atoms with Gasteiger partial charge in [-0.3, -0.25) is 9.69 Å². The smallest absolute Gasteiger partial charge is 0.255 e. The molecule has 1 aliphatic heterocycles. The molecule has 1 saturated heterocycles. The first-order valence-electron chi connectivity index (χ1n) is 8.90. The largest absolute Gasteiger partial charge is 0.322 e. The van der Waals surface area contributed by atoms with Gasteiger partial charge in [-0.15, -0.1) is 0 Å². The molecule has 2 aromatic carbocycles. The third-order valence-electron chi connectivity index (χ3n) is 4.79. The number of hydrogen-bond acceptors (Lipinski definition) is 2. The second-order valence-corrected chi connectivity index (χ2v) is 7.50. The summed E-state index contributed by atoms with van der Waals surface area (Å²) in [5.74, 6) is 0.665. The Hall–Kier alpha value is -1.84. The van der Waals surface area contributed by atoms with Crippen LogP contribution in [0.3, 0.4) is 0 Å². The fourth-order valence-electron chi connectivity index (χ4n) is 3.32. The molecule has 0 aliphatic carbocycles. The van der Waals surface area contributed by atoms with Gasteiger partial charge in [-0.25, -0.2) is 0 Å². The van der Waals surface area contributed by atoms with Crippen LogP contribution >= 0.6 is 11.6 Å². The van der Waals surface area contributed by atoms with E-state index in [4.69, 9.17) is 11.6 Å². The molecule has 0 bridgehead atoms. The van der Waals surface area contributed by atoms with Gasteiger partial charge in [0, 0.05) is 29.4 Å². The number of hydrogen-bond donors (Lipinski definition) is 1. The molecule has 1 atom stereocenters. The molecule has 1 N–H and O–H groups in total. The maximum absolute atomic E-state index is 12.4. The number of anilines is 1. The van der Waals surface area contributed by atoms with Gasteiger partial charge in [0.2, 0.25) is 0 Å². The quantitative estimate of drug-likeness (QED) is 0.823. The van der Waals surface area contributed by atoms with Crippen LogP contribution in [0.25, 0.3) is 0 Å². The van der Waals surface area contributed by atoms with E-state index >= 15 is 0 Å². The second-order valence-electron chi connectivity index (χ2n) is 7.10. The fourth-order valence-corrected chi connectivity index (χ4v) is 3.50. The number of carbonyl (C=O) groups is 1. The highest BCUT2D eigenvalue weighted by Crippen LogP contribution is 2.21. The van der Waals surface area contributed by atoms with E-state index in [0.717, 1.165) is 24.6 Å². The van der Waals surface area contributed by atoms with Crippen molar-refractivity contribution in [2.75, 3.05) is 18.4 Å². The summed E-state index contributed by atoms with van der Waals surface area (Å²) in [6, 6.07) is 13.4. The van der Waals surface area contributed by atoms with E-state index in [1.54, 1.807) is 6.07 Å². The number of likely N-dealkylation sites (tertiary alicyclic amines) is 1. The summed E-state index contributed by atoms with van der Waals surface area (Å²) in [6.45, 7) is 7.55. The average Bonchev–Trinajstić information content (AvgIpc) is 2.59. The highest BCUT2D eigenvalue weighted by Gasteiger charge is 2.16. The molecule has 132 valence electrons. The monoisotopic (exact) mass is 356 g/mol. The Morgan fingerprint density at radius 2 is 2.00 bits per heavy atom. The number of carbonyl (C=O) groups excluding carboxylic acids is 1. The minimum atomic E-state index is -0.113. The van der Waals surface area contributed by atoms with Gasteiger partial charge in [0.1, 0.15) is 0 Å². The summed E-state index contributed by atoms with van der Waals surface area (Å²) in [6.07, 6.45) is 2.61. The van der Waals surface area contributed by atoms with E-state index in [2.05, 4.69) is 29.3 Å². The van der Waals surface area contributed by atoms with Crippen molar-refractivity contribution in [3.8, 4) is 0 Å². The molecule has 4 heteroatoms. The first-order chi connectivity index (χ1) is 12.0. The minimum absolute atomic E-state index is 0.113. The predicted octanol–water partition coefficient (Wildman–Crippen LogP) is 5.13. The lowest BCUT2D eigenvalue weighted by Crippen LogP contribution is -2.33. The molecule has 1 aliphatic rings. The number of rotatable bonds is 4. The van der Waals surface area contributed by atoms with Crippen LogP contribution in [0, 0.1) is 12.8 Å².